The Kier molecular flexibility index (Phi) is 5.49. The van der Waals surface area contributed by atoms with Crippen LogP contribution in [0.4, 0.5) is 8.78 Å². The minimum atomic E-state index is -0.340. The Balaban J connectivity index is 1.77. The molecule has 2 heterocycles. The number of allylic oxidation sites excluding steroid dienone is 1. The molecule has 1 aliphatic carbocycles. The molecule has 1 aliphatic rings. The lowest BCUT2D eigenvalue weighted by atomic mass is 9.91. The number of hydrogen-bond donors (Lipinski definition) is 1. The van der Waals surface area contributed by atoms with Crippen molar-refractivity contribution in [1.29, 1.82) is 0 Å². The van der Waals surface area contributed by atoms with Gasteiger partial charge in [-0.1, -0.05) is 42.8 Å². The number of halogens is 2. The summed E-state index contributed by atoms with van der Waals surface area (Å²) in [6.45, 7) is 6.02. The number of aromatic nitrogens is 3. The van der Waals surface area contributed by atoms with Gasteiger partial charge in [0.2, 0.25) is 0 Å². The first kappa shape index (κ1) is 22.7. The van der Waals surface area contributed by atoms with E-state index in [-0.39, 0.29) is 23.7 Å². The number of ether oxygens (including phenoxy) is 1. The molecule has 2 atom stereocenters. The summed E-state index contributed by atoms with van der Waals surface area (Å²) in [5, 5.41) is 8.12. The summed E-state index contributed by atoms with van der Waals surface area (Å²) in [5.74, 6) is -0.599. The van der Waals surface area contributed by atoms with Gasteiger partial charge in [-0.15, -0.1) is 0 Å². The molecule has 6 heteroatoms. The molecular weight excluding hydrogens is 456 g/mol. The summed E-state index contributed by atoms with van der Waals surface area (Å²) in [4.78, 5) is 0. The van der Waals surface area contributed by atoms with Gasteiger partial charge in [-0.3, -0.25) is 5.10 Å². The van der Waals surface area contributed by atoms with E-state index in [4.69, 9.17) is 4.74 Å². The summed E-state index contributed by atoms with van der Waals surface area (Å²) >= 11 is 0. The molecule has 2 unspecified atom stereocenters. The Labute approximate surface area is 208 Å². The van der Waals surface area contributed by atoms with Gasteiger partial charge < -0.3 is 9.30 Å². The topological polar surface area (TPSA) is 42.8 Å². The minimum absolute atomic E-state index is 0.0107. The molecule has 5 aromatic rings. The van der Waals surface area contributed by atoms with Crippen molar-refractivity contribution in [2.24, 2.45) is 0 Å². The van der Waals surface area contributed by atoms with Crippen LogP contribution in [0, 0.1) is 11.6 Å². The summed E-state index contributed by atoms with van der Waals surface area (Å²) in [7, 11) is 1.74. The van der Waals surface area contributed by atoms with Crippen molar-refractivity contribution in [3.63, 3.8) is 0 Å². The molecule has 2 aromatic heterocycles. The lowest BCUT2D eigenvalue weighted by Gasteiger charge is -2.23. The van der Waals surface area contributed by atoms with Crippen molar-refractivity contribution in [2.45, 2.75) is 38.2 Å². The van der Waals surface area contributed by atoms with Gasteiger partial charge in [0.25, 0.3) is 0 Å². The summed E-state index contributed by atoms with van der Waals surface area (Å²) in [6, 6.07) is 16.5. The molecule has 1 saturated carbocycles. The minimum Gasteiger partial charge on any atom is -0.381 e. The lowest BCUT2D eigenvalue weighted by molar-refractivity contribution is 0.0933. The van der Waals surface area contributed by atoms with Gasteiger partial charge in [-0.2, -0.15) is 5.10 Å². The summed E-state index contributed by atoms with van der Waals surface area (Å²) in [5.41, 5.74) is 6.63. The van der Waals surface area contributed by atoms with E-state index in [1.54, 1.807) is 25.4 Å². The van der Waals surface area contributed by atoms with Crippen molar-refractivity contribution in [3.05, 3.63) is 90.3 Å². The summed E-state index contributed by atoms with van der Waals surface area (Å²) < 4.78 is 38.2. The second-order valence-electron chi connectivity index (χ2n) is 9.66. The zero-order valence-electron chi connectivity index (χ0n) is 20.3. The normalized spacial score (nSPS) is 17.9. The first-order valence-corrected chi connectivity index (χ1v) is 12.2. The van der Waals surface area contributed by atoms with Gasteiger partial charge in [0, 0.05) is 40.7 Å². The van der Waals surface area contributed by atoms with Crippen molar-refractivity contribution in [3.8, 4) is 16.8 Å². The fourth-order valence-corrected chi connectivity index (χ4v) is 5.78. The van der Waals surface area contributed by atoms with Crippen molar-refractivity contribution in [2.75, 3.05) is 7.11 Å². The van der Waals surface area contributed by atoms with Gasteiger partial charge in [-0.05, 0) is 61.2 Å². The number of rotatable bonds is 5. The Bertz CT molecular complexity index is 1600. The zero-order valence-corrected chi connectivity index (χ0v) is 20.3. The van der Waals surface area contributed by atoms with Crippen molar-refractivity contribution < 1.29 is 13.5 Å². The van der Waals surface area contributed by atoms with Crippen LogP contribution in [0.3, 0.4) is 0 Å². The molecule has 3 aromatic carbocycles. The van der Waals surface area contributed by atoms with E-state index in [0.717, 1.165) is 58.4 Å². The highest BCUT2D eigenvalue weighted by Crippen LogP contribution is 2.48. The average molecular weight is 484 g/mol. The highest BCUT2D eigenvalue weighted by molar-refractivity contribution is 6.06. The molecule has 182 valence electrons. The van der Waals surface area contributed by atoms with Crippen LogP contribution in [0.1, 0.15) is 43.4 Å². The van der Waals surface area contributed by atoms with Crippen molar-refractivity contribution in [1.82, 2.24) is 14.8 Å². The van der Waals surface area contributed by atoms with Crippen LogP contribution in [0.25, 0.3) is 44.2 Å². The Morgan fingerprint density at radius 3 is 2.53 bits per heavy atom. The third-order valence-corrected chi connectivity index (χ3v) is 7.50. The van der Waals surface area contributed by atoms with E-state index in [1.807, 2.05) is 37.3 Å². The number of aromatic amines is 1. The van der Waals surface area contributed by atoms with Gasteiger partial charge in [-0.25, -0.2) is 8.78 Å². The molecule has 36 heavy (non-hydrogen) atoms. The van der Waals surface area contributed by atoms with E-state index in [0.29, 0.717) is 16.3 Å². The second kappa shape index (κ2) is 8.71. The fourth-order valence-electron chi connectivity index (χ4n) is 5.78. The van der Waals surface area contributed by atoms with Crippen molar-refractivity contribution >= 4 is 27.4 Å². The van der Waals surface area contributed by atoms with Crippen LogP contribution in [0.5, 0.6) is 0 Å². The maximum Gasteiger partial charge on any atom is 0.158 e. The van der Waals surface area contributed by atoms with Gasteiger partial charge in [0.1, 0.15) is 11.3 Å². The van der Waals surface area contributed by atoms with E-state index < -0.39 is 0 Å². The molecule has 1 N–H and O–H groups in total. The molecule has 0 bridgehead atoms. The molecule has 0 spiro atoms. The quantitative estimate of drug-likeness (QED) is 0.277. The predicted octanol–water partition coefficient (Wildman–Crippen LogP) is 7.77. The number of H-pyrrole nitrogens is 1. The molecular formula is C30H27F2N3O. The van der Waals surface area contributed by atoms with E-state index >= 15 is 4.39 Å². The van der Waals surface area contributed by atoms with Gasteiger partial charge >= 0.3 is 0 Å². The molecule has 0 aliphatic heterocycles. The average Bonchev–Trinajstić information content (AvgIpc) is 3.62. The predicted molar refractivity (Wildman–Crippen MR) is 140 cm³/mol. The largest absolute Gasteiger partial charge is 0.381 e. The third kappa shape index (κ3) is 3.47. The number of methoxy groups -OCH3 is 1. The monoisotopic (exact) mass is 483 g/mol. The standard InChI is InChI=1S/C30H27F2N3O/c1-17(2)18-7-9-19(10-8-18)26-27-24(15-20-16-33-34-29(20)28(27)32)35(22-13-11-21(31)12-14-22)30(26)23-5-4-6-25(23)36-3/h7-16,23,25H,1,4-6H2,2-3H3,(H,33,34). The zero-order chi connectivity index (χ0) is 25.0. The van der Waals surface area contributed by atoms with Crippen LogP contribution < -0.4 is 0 Å². The first-order valence-electron chi connectivity index (χ1n) is 12.2. The SMILES string of the molecule is C=C(C)c1ccc(-c2c(C3CCCC3OC)n(-c3ccc(F)cc3)c3cc4cn[nH]c4c(F)c23)cc1. The third-order valence-electron chi connectivity index (χ3n) is 7.50. The first-order chi connectivity index (χ1) is 17.5. The maximum absolute atomic E-state index is 16.3. The molecule has 0 saturated heterocycles. The molecule has 1 fully saturated rings. The number of benzene rings is 3. The Morgan fingerprint density at radius 1 is 1.08 bits per heavy atom. The number of nitrogens with one attached hydrogen (secondary N) is 1. The second-order valence-corrected chi connectivity index (χ2v) is 9.66. The van der Waals surface area contributed by atoms with E-state index in [9.17, 15) is 4.39 Å². The molecule has 6 rings (SSSR count). The van der Waals surface area contributed by atoms with Crippen LogP contribution in [-0.4, -0.2) is 28.0 Å². The lowest BCUT2D eigenvalue weighted by Crippen LogP contribution is -2.18. The van der Waals surface area contributed by atoms with Gasteiger partial charge in [0.05, 0.1) is 17.8 Å². The fraction of sp³-hybridized carbons (Fsp3) is 0.233. The maximum atomic E-state index is 16.3. The number of hydrogen-bond acceptors (Lipinski definition) is 2. The van der Waals surface area contributed by atoms with Crippen LogP contribution >= 0.6 is 0 Å². The van der Waals surface area contributed by atoms with Crippen LogP contribution in [0.2, 0.25) is 0 Å². The van der Waals surface area contributed by atoms with E-state index in [1.165, 1.54) is 12.1 Å². The number of nitrogens with zero attached hydrogens (tertiary/aromatic N) is 2. The van der Waals surface area contributed by atoms with Gasteiger partial charge in [0.15, 0.2) is 5.82 Å². The molecule has 4 nitrogen and oxygen atoms in total. The van der Waals surface area contributed by atoms with Crippen LogP contribution in [0.15, 0.2) is 67.4 Å². The van der Waals surface area contributed by atoms with E-state index in [2.05, 4.69) is 21.3 Å². The number of fused-ring (bicyclic) bond motifs is 2. The molecule has 0 radical (unpaired) electrons. The Morgan fingerprint density at radius 2 is 1.83 bits per heavy atom. The Hall–Kier alpha value is -3.77. The smallest absolute Gasteiger partial charge is 0.158 e. The van der Waals surface area contributed by atoms with Crippen LogP contribution in [-0.2, 0) is 4.74 Å². The molecule has 0 amide bonds. The highest BCUT2D eigenvalue weighted by Gasteiger charge is 2.36. The highest BCUT2D eigenvalue weighted by atomic mass is 19.1. The summed E-state index contributed by atoms with van der Waals surface area (Å²) in [6.07, 6.45) is 4.53.